The second kappa shape index (κ2) is 8.15. The van der Waals surface area contributed by atoms with Gasteiger partial charge in [0.1, 0.15) is 12.4 Å². The molecule has 1 aliphatic rings. The third kappa shape index (κ3) is 4.29. The first-order valence-corrected chi connectivity index (χ1v) is 9.20. The highest BCUT2D eigenvalue weighted by Gasteiger charge is 2.24. The molecule has 1 saturated heterocycles. The van der Waals surface area contributed by atoms with Crippen LogP contribution in [0.3, 0.4) is 0 Å². The van der Waals surface area contributed by atoms with Crippen LogP contribution in [-0.2, 0) is 19.7 Å². The highest BCUT2D eigenvalue weighted by molar-refractivity contribution is 5.27. The number of ether oxygens (including phenoxy) is 1. The summed E-state index contributed by atoms with van der Waals surface area (Å²) in [5.41, 5.74) is 2.26. The van der Waals surface area contributed by atoms with Crippen LogP contribution in [0.15, 0.2) is 67.1 Å². The molecule has 3 aromatic rings. The zero-order chi connectivity index (χ0) is 17.6. The van der Waals surface area contributed by atoms with Crippen molar-refractivity contribution in [3.63, 3.8) is 0 Å². The predicted molar refractivity (Wildman–Crippen MR) is 101 cm³/mol. The number of benzene rings is 1. The van der Waals surface area contributed by atoms with E-state index >= 15 is 0 Å². The Balaban J connectivity index is 1.32. The van der Waals surface area contributed by atoms with E-state index in [1.165, 1.54) is 18.4 Å². The van der Waals surface area contributed by atoms with Gasteiger partial charge in [-0.1, -0.05) is 18.2 Å². The maximum Gasteiger partial charge on any atom is 0.130 e. The molecule has 0 spiro atoms. The van der Waals surface area contributed by atoms with Crippen LogP contribution in [0.5, 0.6) is 5.75 Å². The van der Waals surface area contributed by atoms with Crippen molar-refractivity contribution in [1.82, 2.24) is 19.7 Å². The summed E-state index contributed by atoms with van der Waals surface area (Å²) in [5, 5.41) is 4.35. The minimum atomic E-state index is 0.498. The topological polar surface area (TPSA) is 43.2 Å². The molecular weight excluding hydrogens is 324 g/mol. The zero-order valence-corrected chi connectivity index (χ0v) is 14.9. The third-order valence-electron chi connectivity index (χ3n) is 4.88. The van der Waals surface area contributed by atoms with E-state index in [2.05, 4.69) is 39.2 Å². The van der Waals surface area contributed by atoms with Gasteiger partial charge in [0.05, 0.1) is 12.2 Å². The Morgan fingerprint density at radius 2 is 1.96 bits per heavy atom. The number of aromatic nitrogens is 3. The number of pyridine rings is 1. The second-order valence-corrected chi connectivity index (χ2v) is 6.75. The summed E-state index contributed by atoms with van der Waals surface area (Å²) in [7, 11) is 0. The Morgan fingerprint density at radius 1 is 1.04 bits per heavy atom. The van der Waals surface area contributed by atoms with Gasteiger partial charge in [-0.2, -0.15) is 5.10 Å². The number of nitrogens with zero attached hydrogens (tertiary/aromatic N) is 4. The van der Waals surface area contributed by atoms with Gasteiger partial charge in [-0.15, -0.1) is 0 Å². The maximum atomic E-state index is 5.82. The van der Waals surface area contributed by atoms with Crippen molar-refractivity contribution in [2.45, 2.75) is 38.6 Å². The highest BCUT2D eigenvalue weighted by atomic mass is 16.5. The Hall–Kier alpha value is -2.66. The van der Waals surface area contributed by atoms with Gasteiger partial charge in [0.25, 0.3) is 0 Å². The predicted octanol–water partition coefficient (Wildman–Crippen LogP) is 3.52. The number of rotatable bonds is 7. The largest absolute Gasteiger partial charge is 0.487 e. The van der Waals surface area contributed by atoms with E-state index in [4.69, 9.17) is 4.74 Å². The van der Waals surface area contributed by atoms with Gasteiger partial charge in [-0.25, -0.2) is 0 Å². The molecule has 5 nitrogen and oxygen atoms in total. The van der Waals surface area contributed by atoms with Crippen LogP contribution < -0.4 is 4.74 Å². The summed E-state index contributed by atoms with van der Waals surface area (Å²) >= 11 is 0. The highest BCUT2D eigenvalue weighted by Crippen LogP contribution is 2.22. The lowest BCUT2D eigenvalue weighted by molar-refractivity contribution is 0.219. The average molecular weight is 348 g/mol. The molecule has 1 fully saturated rings. The summed E-state index contributed by atoms with van der Waals surface area (Å²) in [6.07, 6.45) is 8.19. The van der Waals surface area contributed by atoms with Crippen LogP contribution in [-0.4, -0.2) is 32.3 Å². The molecule has 1 aliphatic heterocycles. The molecule has 134 valence electrons. The Morgan fingerprint density at radius 3 is 2.73 bits per heavy atom. The summed E-state index contributed by atoms with van der Waals surface area (Å²) in [6.45, 7) is 3.60. The molecule has 5 heteroatoms. The Labute approximate surface area is 154 Å². The minimum Gasteiger partial charge on any atom is -0.487 e. The lowest BCUT2D eigenvalue weighted by Gasteiger charge is -2.24. The van der Waals surface area contributed by atoms with E-state index in [1.54, 1.807) is 6.20 Å². The van der Waals surface area contributed by atoms with Crippen LogP contribution >= 0.6 is 0 Å². The van der Waals surface area contributed by atoms with Crippen molar-refractivity contribution in [2.75, 3.05) is 6.54 Å². The Kier molecular flexibility index (Phi) is 5.26. The lowest BCUT2D eigenvalue weighted by Crippen LogP contribution is -2.32. The molecule has 3 heterocycles. The quantitative estimate of drug-likeness (QED) is 0.655. The molecule has 1 atom stereocenters. The van der Waals surface area contributed by atoms with Gasteiger partial charge in [0.2, 0.25) is 0 Å². The van der Waals surface area contributed by atoms with Crippen molar-refractivity contribution in [3.8, 4) is 5.75 Å². The molecule has 4 rings (SSSR count). The molecule has 0 amide bonds. The van der Waals surface area contributed by atoms with Gasteiger partial charge in [-0.3, -0.25) is 14.6 Å². The fraction of sp³-hybridized carbons (Fsp3) is 0.333. The molecule has 0 bridgehead atoms. The van der Waals surface area contributed by atoms with Gasteiger partial charge in [0, 0.05) is 31.2 Å². The first kappa shape index (κ1) is 16.8. The minimum absolute atomic E-state index is 0.498. The van der Waals surface area contributed by atoms with Crippen molar-refractivity contribution in [3.05, 3.63) is 78.4 Å². The van der Waals surface area contributed by atoms with Crippen LogP contribution in [0.25, 0.3) is 0 Å². The first-order chi connectivity index (χ1) is 12.9. The molecule has 1 aromatic carbocycles. The molecular formula is C21H24N4O. The van der Waals surface area contributed by atoms with E-state index in [0.717, 1.165) is 31.1 Å². The number of hydrogen-bond donors (Lipinski definition) is 0. The SMILES string of the molecule is c1ccc(COc2ccc(CN3CCC[C@@H]3Cn3cccn3)cc2)nc1. The number of hydrogen-bond acceptors (Lipinski definition) is 4. The van der Waals surface area contributed by atoms with Crippen molar-refractivity contribution < 1.29 is 4.74 Å². The maximum absolute atomic E-state index is 5.82. The fourth-order valence-electron chi connectivity index (χ4n) is 3.50. The molecule has 0 saturated carbocycles. The van der Waals surface area contributed by atoms with Gasteiger partial charge in [0.15, 0.2) is 0 Å². The van der Waals surface area contributed by atoms with Crippen LogP contribution in [0, 0.1) is 0 Å². The molecule has 2 aromatic heterocycles. The molecule has 0 aliphatic carbocycles. The third-order valence-corrected chi connectivity index (χ3v) is 4.88. The monoisotopic (exact) mass is 348 g/mol. The van der Waals surface area contributed by atoms with Crippen molar-refractivity contribution in [2.24, 2.45) is 0 Å². The van der Waals surface area contributed by atoms with Gasteiger partial charge in [-0.05, 0) is 55.3 Å². The summed E-state index contributed by atoms with van der Waals surface area (Å²) in [6, 6.07) is 16.8. The molecule has 26 heavy (non-hydrogen) atoms. The lowest BCUT2D eigenvalue weighted by atomic mass is 10.1. The normalized spacial score (nSPS) is 17.5. The molecule has 0 unspecified atom stereocenters. The number of likely N-dealkylation sites (tertiary alicyclic amines) is 1. The average Bonchev–Trinajstić information content (AvgIpc) is 3.35. The molecule has 0 N–H and O–H groups in total. The smallest absolute Gasteiger partial charge is 0.130 e. The van der Waals surface area contributed by atoms with E-state index in [-0.39, 0.29) is 0 Å². The summed E-state index contributed by atoms with van der Waals surface area (Å²) < 4.78 is 7.86. The van der Waals surface area contributed by atoms with E-state index in [0.29, 0.717) is 12.6 Å². The van der Waals surface area contributed by atoms with E-state index in [9.17, 15) is 0 Å². The van der Waals surface area contributed by atoms with Crippen LogP contribution in [0.2, 0.25) is 0 Å². The van der Waals surface area contributed by atoms with Gasteiger partial charge >= 0.3 is 0 Å². The fourth-order valence-corrected chi connectivity index (χ4v) is 3.50. The van der Waals surface area contributed by atoms with E-state index in [1.807, 2.05) is 41.3 Å². The first-order valence-electron chi connectivity index (χ1n) is 9.20. The van der Waals surface area contributed by atoms with Gasteiger partial charge < -0.3 is 4.74 Å². The second-order valence-electron chi connectivity index (χ2n) is 6.75. The summed E-state index contributed by atoms with van der Waals surface area (Å²) in [5.74, 6) is 0.883. The van der Waals surface area contributed by atoms with Crippen LogP contribution in [0.4, 0.5) is 0 Å². The van der Waals surface area contributed by atoms with Crippen LogP contribution in [0.1, 0.15) is 24.1 Å². The molecule has 0 radical (unpaired) electrons. The zero-order valence-electron chi connectivity index (χ0n) is 14.9. The van der Waals surface area contributed by atoms with Crippen molar-refractivity contribution in [1.29, 1.82) is 0 Å². The standard InChI is InChI=1S/C21H24N4O/c1-2-11-22-19(5-1)17-26-21-9-7-18(8-10-21)15-24-13-3-6-20(24)16-25-14-4-12-23-25/h1-2,4-5,7-12,14,20H,3,6,13,15-17H2/t20-/m1/s1. The van der Waals surface area contributed by atoms with E-state index < -0.39 is 0 Å². The summed E-state index contributed by atoms with van der Waals surface area (Å²) in [4.78, 5) is 6.84. The van der Waals surface area contributed by atoms with Crippen molar-refractivity contribution >= 4 is 0 Å². The Bertz CT molecular complexity index is 787.